The maximum atomic E-state index is 12.3. The Bertz CT molecular complexity index is 642. The number of nitrogens with one attached hydrogen (secondary N) is 1. The molecule has 2 rings (SSSR count). The van der Waals surface area contributed by atoms with E-state index in [2.05, 4.69) is 10.1 Å². The third-order valence-corrected chi connectivity index (χ3v) is 2.48. The highest BCUT2D eigenvalue weighted by atomic mass is 19.4. The van der Waals surface area contributed by atoms with Gasteiger partial charge in [0.15, 0.2) is 5.75 Å². The van der Waals surface area contributed by atoms with E-state index in [-0.39, 0.29) is 11.3 Å². The monoisotopic (exact) mass is 297 g/mol. The standard InChI is InChI=1S/C14H10F3NO3/c15-14(16,17)21-12-8-10(19)6-7-11(12)18-13(20)9-4-2-1-3-5-9/h1-8,19H,(H,18,20). The topological polar surface area (TPSA) is 58.6 Å². The Balaban J connectivity index is 2.25. The number of phenolic OH excluding ortho intramolecular Hbond substituents is 1. The lowest BCUT2D eigenvalue weighted by atomic mass is 10.2. The van der Waals surface area contributed by atoms with Crippen LogP contribution in [0.25, 0.3) is 0 Å². The summed E-state index contributed by atoms with van der Waals surface area (Å²) < 4.78 is 40.7. The Hall–Kier alpha value is -2.70. The fourth-order valence-electron chi connectivity index (χ4n) is 1.61. The van der Waals surface area contributed by atoms with Gasteiger partial charge in [-0.05, 0) is 24.3 Å². The van der Waals surface area contributed by atoms with Gasteiger partial charge in [-0.1, -0.05) is 18.2 Å². The molecule has 0 atom stereocenters. The molecule has 2 aromatic carbocycles. The molecule has 0 heterocycles. The first kappa shape index (κ1) is 14.7. The molecule has 0 aliphatic rings. The van der Waals surface area contributed by atoms with Gasteiger partial charge in [0.1, 0.15) is 5.75 Å². The highest BCUT2D eigenvalue weighted by Gasteiger charge is 2.32. The lowest BCUT2D eigenvalue weighted by Crippen LogP contribution is -2.19. The van der Waals surface area contributed by atoms with Crippen molar-refractivity contribution in [2.75, 3.05) is 5.32 Å². The van der Waals surface area contributed by atoms with Crippen molar-refractivity contribution >= 4 is 11.6 Å². The minimum absolute atomic E-state index is 0.195. The number of phenols is 1. The molecule has 0 aliphatic carbocycles. The number of ether oxygens (including phenoxy) is 1. The molecule has 4 nitrogen and oxygen atoms in total. The molecule has 0 unspecified atom stereocenters. The Kier molecular flexibility index (Phi) is 4.02. The molecule has 0 aromatic heterocycles. The highest BCUT2D eigenvalue weighted by Crippen LogP contribution is 2.33. The van der Waals surface area contributed by atoms with Crippen molar-refractivity contribution in [3.8, 4) is 11.5 Å². The third-order valence-electron chi connectivity index (χ3n) is 2.48. The van der Waals surface area contributed by atoms with Gasteiger partial charge >= 0.3 is 6.36 Å². The zero-order chi connectivity index (χ0) is 15.5. The summed E-state index contributed by atoms with van der Waals surface area (Å²) in [5.74, 6) is -1.69. The van der Waals surface area contributed by atoms with Gasteiger partial charge < -0.3 is 15.2 Å². The number of aromatic hydroxyl groups is 1. The lowest BCUT2D eigenvalue weighted by molar-refractivity contribution is -0.274. The zero-order valence-corrected chi connectivity index (χ0v) is 10.5. The average molecular weight is 297 g/mol. The van der Waals surface area contributed by atoms with Crippen molar-refractivity contribution in [2.45, 2.75) is 6.36 Å². The maximum absolute atomic E-state index is 12.3. The van der Waals surface area contributed by atoms with Crippen LogP contribution in [0.5, 0.6) is 11.5 Å². The van der Waals surface area contributed by atoms with E-state index < -0.39 is 23.8 Å². The van der Waals surface area contributed by atoms with Crippen molar-refractivity contribution < 1.29 is 27.8 Å². The minimum Gasteiger partial charge on any atom is -0.508 e. The first-order valence-electron chi connectivity index (χ1n) is 5.80. The van der Waals surface area contributed by atoms with Crippen molar-refractivity contribution in [1.29, 1.82) is 0 Å². The highest BCUT2D eigenvalue weighted by molar-refractivity contribution is 6.05. The summed E-state index contributed by atoms with van der Waals surface area (Å²) >= 11 is 0. The average Bonchev–Trinajstić information content (AvgIpc) is 2.41. The molecule has 110 valence electrons. The van der Waals surface area contributed by atoms with Crippen LogP contribution >= 0.6 is 0 Å². The smallest absolute Gasteiger partial charge is 0.508 e. The van der Waals surface area contributed by atoms with Crippen LogP contribution in [0.2, 0.25) is 0 Å². The molecular formula is C14H10F3NO3. The SMILES string of the molecule is O=C(Nc1ccc(O)cc1OC(F)(F)F)c1ccccc1. The molecule has 0 fully saturated rings. The lowest BCUT2D eigenvalue weighted by Gasteiger charge is -2.14. The van der Waals surface area contributed by atoms with Gasteiger partial charge in [0, 0.05) is 11.6 Å². The Morgan fingerprint density at radius 2 is 1.76 bits per heavy atom. The van der Waals surface area contributed by atoms with Gasteiger partial charge in [-0.15, -0.1) is 13.2 Å². The largest absolute Gasteiger partial charge is 0.573 e. The summed E-state index contributed by atoms with van der Waals surface area (Å²) in [5, 5.41) is 11.5. The number of alkyl halides is 3. The molecule has 0 aliphatic heterocycles. The van der Waals surface area contributed by atoms with Crippen LogP contribution in [0, 0.1) is 0 Å². The van der Waals surface area contributed by atoms with Crippen molar-refractivity contribution in [3.05, 3.63) is 54.1 Å². The Labute approximate surface area is 117 Å². The quantitative estimate of drug-likeness (QED) is 0.852. The van der Waals surface area contributed by atoms with Crippen molar-refractivity contribution in [3.63, 3.8) is 0 Å². The Morgan fingerprint density at radius 3 is 2.38 bits per heavy atom. The van der Waals surface area contributed by atoms with Crippen molar-refractivity contribution in [2.24, 2.45) is 0 Å². The summed E-state index contributed by atoms with van der Waals surface area (Å²) in [6, 6.07) is 11.0. The van der Waals surface area contributed by atoms with E-state index in [1.165, 1.54) is 12.1 Å². The first-order valence-corrected chi connectivity index (χ1v) is 5.80. The second kappa shape index (κ2) is 5.74. The second-order valence-electron chi connectivity index (χ2n) is 4.05. The molecule has 0 spiro atoms. The van der Waals surface area contributed by atoms with Gasteiger partial charge in [-0.3, -0.25) is 4.79 Å². The first-order chi connectivity index (χ1) is 9.85. The number of benzene rings is 2. The van der Waals surface area contributed by atoms with Crippen LogP contribution in [-0.4, -0.2) is 17.4 Å². The predicted octanol–water partition coefficient (Wildman–Crippen LogP) is 3.54. The van der Waals surface area contributed by atoms with E-state index in [0.29, 0.717) is 0 Å². The number of carbonyl (C=O) groups excluding carboxylic acids is 1. The molecule has 2 aromatic rings. The number of rotatable bonds is 3. The number of amides is 1. The maximum Gasteiger partial charge on any atom is 0.573 e. The molecular weight excluding hydrogens is 287 g/mol. The van der Waals surface area contributed by atoms with Gasteiger partial charge in [0.25, 0.3) is 5.91 Å². The number of hydrogen-bond acceptors (Lipinski definition) is 3. The summed E-state index contributed by atoms with van der Waals surface area (Å²) in [4.78, 5) is 11.9. The molecule has 0 bridgehead atoms. The molecule has 0 radical (unpaired) electrons. The van der Waals surface area contributed by atoms with Crippen LogP contribution in [0.3, 0.4) is 0 Å². The number of carbonyl (C=O) groups is 1. The van der Waals surface area contributed by atoms with E-state index in [9.17, 15) is 23.1 Å². The summed E-state index contributed by atoms with van der Waals surface area (Å²) in [5.41, 5.74) is 0.0857. The van der Waals surface area contributed by atoms with E-state index in [1.807, 2.05) is 0 Å². The fourth-order valence-corrected chi connectivity index (χ4v) is 1.61. The molecule has 2 N–H and O–H groups in total. The molecule has 0 saturated carbocycles. The normalized spacial score (nSPS) is 11.0. The van der Waals surface area contributed by atoms with Gasteiger partial charge in [-0.25, -0.2) is 0 Å². The molecule has 21 heavy (non-hydrogen) atoms. The van der Waals surface area contributed by atoms with Crippen LogP contribution in [-0.2, 0) is 0 Å². The summed E-state index contributed by atoms with van der Waals surface area (Å²) in [6.45, 7) is 0. The predicted molar refractivity (Wildman–Crippen MR) is 69.2 cm³/mol. The molecule has 0 saturated heterocycles. The third kappa shape index (κ3) is 4.13. The summed E-state index contributed by atoms with van der Waals surface area (Å²) in [6.07, 6.45) is -4.93. The summed E-state index contributed by atoms with van der Waals surface area (Å²) in [7, 11) is 0. The number of halogens is 3. The van der Waals surface area contributed by atoms with Crippen LogP contribution < -0.4 is 10.1 Å². The molecule has 1 amide bonds. The minimum atomic E-state index is -4.93. The molecule has 7 heteroatoms. The van der Waals surface area contributed by atoms with Gasteiger partial charge in [0.2, 0.25) is 0 Å². The Morgan fingerprint density at radius 1 is 1.10 bits per heavy atom. The number of anilines is 1. The van der Waals surface area contributed by atoms with E-state index in [4.69, 9.17) is 0 Å². The fraction of sp³-hybridized carbons (Fsp3) is 0.0714. The van der Waals surface area contributed by atoms with Gasteiger partial charge in [-0.2, -0.15) is 0 Å². The van der Waals surface area contributed by atoms with Crippen LogP contribution in [0.15, 0.2) is 48.5 Å². The van der Waals surface area contributed by atoms with E-state index in [1.54, 1.807) is 18.2 Å². The van der Waals surface area contributed by atoms with Crippen molar-refractivity contribution in [1.82, 2.24) is 0 Å². The van der Waals surface area contributed by atoms with E-state index in [0.717, 1.165) is 18.2 Å². The zero-order valence-electron chi connectivity index (χ0n) is 10.5. The van der Waals surface area contributed by atoms with E-state index >= 15 is 0 Å². The van der Waals surface area contributed by atoms with Gasteiger partial charge in [0.05, 0.1) is 5.69 Å². The number of hydrogen-bond donors (Lipinski definition) is 2. The van der Waals surface area contributed by atoms with Crippen LogP contribution in [0.1, 0.15) is 10.4 Å². The second-order valence-corrected chi connectivity index (χ2v) is 4.05. The van der Waals surface area contributed by atoms with Crippen LogP contribution in [0.4, 0.5) is 18.9 Å².